The number of phenolic OH excluding ortho intramolecular Hbond substituents is 2. The summed E-state index contributed by atoms with van der Waals surface area (Å²) in [6.07, 6.45) is 1.90. The van der Waals surface area contributed by atoms with E-state index >= 15 is 0 Å². The highest BCUT2D eigenvalue weighted by Gasteiger charge is 2.37. The molecule has 0 radical (unpaired) electrons. The third-order valence-corrected chi connectivity index (χ3v) is 7.56. The van der Waals surface area contributed by atoms with E-state index in [-0.39, 0.29) is 16.4 Å². The number of likely N-dealkylation sites (tertiary alicyclic amines) is 1. The van der Waals surface area contributed by atoms with Crippen molar-refractivity contribution in [2.75, 3.05) is 26.2 Å². The summed E-state index contributed by atoms with van der Waals surface area (Å²) in [4.78, 5) is 2.42. The molecular formula is C26H25F2NO4S. The van der Waals surface area contributed by atoms with E-state index in [0.717, 1.165) is 54.3 Å². The average molecular weight is 486 g/mol. The van der Waals surface area contributed by atoms with Crippen LogP contribution in [0.4, 0.5) is 8.78 Å². The van der Waals surface area contributed by atoms with Crippen molar-refractivity contribution in [2.24, 2.45) is 0 Å². The van der Waals surface area contributed by atoms with Crippen molar-refractivity contribution in [3.05, 3.63) is 77.4 Å². The number of aromatic hydroxyl groups is 2. The van der Waals surface area contributed by atoms with Crippen molar-refractivity contribution in [1.29, 1.82) is 0 Å². The Balaban J connectivity index is 1.40. The summed E-state index contributed by atoms with van der Waals surface area (Å²) in [5.41, 5.74) is 1.52. The van der Waals surface area contributed by atoms with E-state index in [0.29, 0.717) is 6.61 Å². The molecule has 3 aromatic carbocycles. The lowest BCUT2D eigenvalue weighted by Crippen LogP contribution is -2.25. The fourth-order valence-electron chi connectivity index (χ4n) is 4.39. The van der Waals surface area contributed by atoms with Crippen LogP contribution in [0, 0.1) is 11.6 Å². The van der Waals surface area contributed by atoms with Gasteiger partial charge in [0.25, 0.3) is 0 Å². The first-order chi connectivity index (χ1) is 16.5. The predicted octanol–water partition coefficient (Wildman–Crippen LogP) is 5.82. The van der Waals surface area contributed by atoms with Gasteiger partial charge in [-0.05, 0) is 61.3 Å². The van der Waals surface area contributed by atoms with E-state index < -0.39 is 28.7 Å². The number of benzene rings is 3. The summed E-state index contributed by atoms with van der Waals surface area (Å²) in [6.45, 7) is 3.74. The maximum atomic E-state index is 14.7. The maximum Gasteiger partial charge on any atom is 0.189 e. The van der Waals surface area contributed by atoms with Crippen LogP contribution in [0.3, 0.4) is 0 Å². The van der Waals surface area contributed by atoms with Gasteiger partial charge in [0.05, 0.1) is 10.1 Å². The molecule has 0 unspecified atom stereocenters. The topological polar surface area (TPSA) is 62.2 Å². The Morgan fingerprint density at radius 1 is 1.00 bits per heavy atom. The highest BCUT2D eigenvalue weighted by atomic mass is 32.2. The highest BCUT2D eigenvalue weighted by Crippen LogP contribution is 2.55. The summed E-state index contributed by atoms with van der Waals surface area (Å²) in [5.74, 6) is -2.31. The van der Waals surface area contributed by atoms with E-state index in [1.807, 2.05) is 30.3 Å². The minimum absolute atomic E-state index is 0.0325. The molecule has 0 amide bonds. The summed E-state index contributed by atoms with van der Waals surface area (Å²) >= 11 is 1.13. The molecule has 1 fully saturated rings. The van der Waals surface area contributed by atoms with Gasteiger partial charge in [0.15, 0.2) is 17.4 Å². The van der Waals surface area contributed by atoms with Gasteiger partial charge < -0.3 is 19.7 Å². The summed E-state index contributed by atoms with van der Waals surface area (Å²) < 4.78 is 40.7. The Bertz CT molecular complexity index is 1170. The van der Waals surface area contributed by atoms with Crippen LogP contribution in [0.15, 0.2) is 59.5 Å². The van der Waals surface area contributed by atoms with E-state index in [9.17, 15) is 19.0 Å². The van der Waals surface area contributed by atoms with Crippen LogP contribution in [0.2, 0.25) is 0 Å². The third kappa shape index (κ3) is 4.65. The molecule has 0 aliphatic carbocycles. The second-order valence-electron chi connectivity index (χ2n) is 8.49. The van der Waals surface area contributed by atoms with E-state index in [2.05, 4.69) is 4.90 Å². The average Bonchev–Trinajstić information content (AvgIpc) is 3.36. The van der Waals surface area contributed by atoms with Crippen LogP contribution in [0.1, 0.15) is 35.3 Å². The number of nitrogens with zero attached hydrogens (tertiary/aromatic N) is 1. The quantitative estimate of drug-likeness (QED) is 0.459. The molecule has 0 aromatic heterocycles. The molecule has 5 nitrogen and oxygen atoms in total. The summed E-state index contributed by atoms with van der Waals surface area (Å²) in [6, 6.07) is 15.1. The second-order valence-corrected chi connectivity index (χ2v) is 9.64. The van der Waals surface area contributed by atoms with E-state index in [1.54, 1.807) is 18.2 Å². The van der Waals surface area contributed by atoms with Crippen LogP contribution in [-0.2, 0) is 0 Å². The largest absolute Gasteiger partial charge is 0.508 e. The van der Waals surface area contributed by atoms with Gasteiger partial charge in [-0.2, -0.15) is 0 Å². The molecule has 2 N–H and O–H groups in total. The smallest absolute Gasteiger partial charge is 0.189 e. The van der Waals surface area contributed by atoms with Gasteiger partial charge >= 0.3 is 0 Å². The van der Waals surface area contributed by atoms with Gasteiger partial charge in [-0.3, -0.25) is 4.90 Å². The van der Waals surface area contributed by atoms with Gasteiger partial charge in [0.1, 0.15) is 30.0 Å². The summed E-state index contributed by atoms with van der Waals surface area (Å²) in [7, 11) is 0. The lowest BCUT2D eigenvalue weighted by atomic mass is 9.99. The molecule has 8 heteroatoms. The normalized spacial score (nSPS) is 20.1. The number of hydrogen-bond donors (Lipinski definition) is 2. The molecule has 2 atom stereocenters. The standard InChI is InChI=1S/C26H25F2NO4S/c27-20-15-21-26(22(28)23(20)31)34-25(17-4-3-5-18(30)14-17)24(33-21)16-6-8-19(9-7-16)32-13-12-29-10-1-2-11-29/h3-9,14-15,24-25,30-31H,1-2,10-13H2/t24-,25+/m0/s1. The molecule has 178 valence electrons. The predicted molar refractivity (Wildman–Crippen MR) is 126 cm³/mol. The van der Waals surface area contributed by atoms with Crippen molar-refractivity contribution < 1.29 is 28.5 Å². The van der Waals surface area contributed by atoms with Crippen LogP contribution >= 0.6 is 11.8 Å². The monoisotopic (exact) mass is 485 g/mol. The van der Waals surface area contributed by atoms with Crippen LogP contribution in [0.5, 0.6) is 23.0 Å². The fourth-order valence-corrected chi connectivity index (χ4v) is 5.69. The minimum Gasteiger partial charge on any atom is -0.508 e. The number of rotatable bonds is 6. The third-order valence-electron chi connectivity index (χ3n) is 6.17. The molecule has 34 heavy (non-hydrogen) atoms. The molecule has 1 saturated heterocycles. The number of halogens is 2. The summed E-state index contributed by atoms with van der Waals surface area (Å²) in [5, 5.41) is 19.3. The Kier molecular flexibility index (Phi) is 6.52. The lowest BCUT2D eigenvalue weighted by Gasteiger charge is -2.34. The Hall–Kier alpha value is -2.97. The van der Waals surface area contributed by atoms with Crippen LogP contribution in [0.25, 0.3) is 0 Å². The first-order valence-corrected chi connectivity index (χ1v) is 12.2. The van der Waals surface area contributed by atoms with Crippen molar-refractivity contribution in [2.45, 2.75) is 29.1 Å². The van der Waals surface area contributed by atoms with Crippen molar-refractivity contribution in [3.8, 4) is 23.0 Å². The molecule has 3 aromatic rings. The van der Waals surface area contributed by atoms with Gasteiger partial charge in [-0.25, -0.2) is 8.78 Å². The number of thioether (sulfide) groups is 1. The van der Waals surface area contributed by atoms with Gasteiger partial charge in [-0.15, -0.1) is 11.8 Å². The molecule has 2 heterocycles. The van der Waals surface area contributed by atoms with E-state index in [4.69, 9.17) is 9.47 Å². The van der Waals surface area contributed by atoms with Gasteiger partial charge in [0, 0.05) is 12.6 Å². The number of phenols is 2. The van der Waals surface area contributed by atoms with E-state index in [1.165, 1.54) is 12.8 Å². The molecule has 2 aliphatic heterocycles. The lowest BCUT2D eigenvalue weighted by molar-refractivity contribution is 0.186. The number of fused-ring (bicyclic) bond motifs is 1. The Labute approximate surface area is 200 Å². The molecule has 0 spiro atoms. The number of hydrogen-bond acceptors (Lipinski definition) is 6. The maximum absolute atomic E-state index is 14.7. The fraction of sp³-hybridized carbons (Fsp3) is 0.308. The molecule has 2 aliphatic rings. The molecular weight excluding hydrogens is 460 g/mol. The Morgan fingerprint density at radius 3 is 2.50 bits per heavy atom. The molecule has 0 saturated carbocycles. The number of ether oxygens (including phenoxy) is 2. The van der Waals surface area contributed by atoms with Gasteiger partial charge in [-0.1, -0.05) is 24.3 Å². The van der Waals surface area contributed by atoms with Crippen molar-refractivity contribution >= 4 is 11.8 Å². The zero-order valence-corrected chi connectivity index (χ0v) is 19.2. The second kappa shape index (κ2) is 9.72. The SMILES string of the molecule is Oc1cccc([C@H]2Sc3c(cc(F)c(O)c3F)O[C@H]2c2ccc(OCCN3CCCC3)cc2)c1. The zero-order chi connectivity index (χ0) is 23.7. The van der Waals surface area contributed by atoms with Crippen LogP contribution < -0.4 is 9.47 Å². The van der Waals surface area contributed by atoms with Crippen molar-refractivity contribution in [1.82, 2.24) is 4.90 Å². The zero-order valence-electron chi connectivity index (χ0n) is 18.4. The first kappa shape index (κ1) is 22.8. The Morgan fingerprint density at radius 2 is 1.76 bits per heavy atom. The highest BCUT2D eigenvalue weighted by molar-refractivity contribution is 7.99. The molecule has 5 rings (SSSR count). The molecule has 0 bridgehead atoms. The first-order valence-electron chi connectivity index (χ1n) is 11.3. The van der Waals surface area contributed by atoms with Crippen molar-refractivity contribution in [3.63, 3.8) is 0 Å². The van der Waals surface area contributed by atoms with Crippen LogP contribution in [-0.4, -0.2) is 41.4 Å². The van der Waals surface area contributed by atoms with Gasteiger partial charge in [0.2, 0.25) is 0 Å². The minimum atomic E-state index is -1.08.